The summed E-state index contributed by atoms with van der Waals surface area (Å²) in [6.45, 7) is 11.0. The van der Waals surface area contributed by atoms with E-state index in [1.165, 1.54) is 0 Å². The van der Waals surface area contributed by atoms with Crippen molar-refractivity contribution >= 4 is 0 Å². The van der Waals surface area contributed by atoms with E-state index in [1.54, 1.807) is 0 Å². The summed E-state index contributed by atoms with van der Waals surface area (Å²) in [5.74, 6) is 0. The van der Waals surface area contributed by atoms with E-state index in [-0.39, 0.29) is 18.2 Å². The van der Waals surface area contributed by atoms with Gasteiger partial charge < -0.3 is 19.9 Å². The van der Waals surface area contributed by atoms with E-state index < -0.39 is 0 Å². The number of rotatable bonds is 10. The van der Waals surface area contributed by atoms with Crippen molar-refractivity contribution in [2.24, 2.45) is 0 Å². The Morgan fingerprint density at radius 1 is 1.38 bits per heavy atom. The average molecular weight is 233 g/mol. The molecule has 0 rings (SSSR count). The second-order valence-electron chi connectivity index (χ2n) is 4.34. The molecular formula is C12H27NO3. The first-order valence-corrected chi connectivity index (χ1v) is 6.13. The van der Waals surface area contributed by atoms with Gasteiger partial charge in [0.1, 0.15) is 0 Å². The summed E-state index contributed by atoms with van der Waals surface area (Å²) in [6.07, 6.45) is 0.915. The minimum atomic E-state index is -0.236. The zero-order valence-electron chi connectivity index (χ0n) is 11.1. The molecule has 98 valence electrons. The molecule has 0 saturated heterocycles. The van der Waals surface area contributed by atoms with E-state index in [0.717, 1.165) is 19.6 Å². The van der Waals surface area contributed by atoms with Gasteiger partial charge in [-0.15, -0.1) is 0 Å². The van der Waals surface area contributed by atoms with Gasteiger partial charge in [-0.1, -0.05) is 6.92 Å². The fraction of sp³-hybridized carbons (Fsp3) is 1.00. The molecule has 0 heterocycles. The first kappa shape index (κ1) is 15.8. The third-order valence-corrected chi connectivity index (χ3v) is 2.57. The molecule has 0 aromatic carbocycles. The molecule has 2 atom stereocenters. The number of likely N-dealkylation sites (N-methyl/N-ethyl adjacent to an activating group) is 1. The van der Waals surface area contributed by atoms with Gasteiger partial charge in [-0.25, -0.2) is 0 Å². The van der Waals surface area contributed by atoms with Crippen LogP contribution in [-0.4, -0.2) is 49.7 Å². The molecule has 0 fully saturated rings. The summed E-state index contributed by atoms with van der Waals surface area (Å²) in [4.78, 5) is 0. The minimum absolute atomic E-state index is 0.115. The third kappa shape index (κ3) is 7.17. The van der Waals surface area contributed by atoms with Crippen LogP contribution in [0.4, 0.5) is 0 Å². The Hall–Kier alpha value is -0.160. The quantitative estimate of drug-likeness (QED) is 0.595. The molecule has 0 aliphatic rings. The Morgan fingerprint density at radius 3 is 2.56 bits per heavy atom. The molecule has 0 saturated carbocycles. The lowest BCUT2D eigenvalue weighted by molar-refractivity contribution is -0.0132. The molecule has 4 heteroatoms. The number of aliphatic hydroxyl groups excluding tert-OH is 1. The van der Waals surface area contributed by atoms with E-state index >= 15 is 0 Å². The third-order valence-electron chi connectivity index (χ3n) is 2.57. The van der Waals surface area contributed by atoms with Crippen molar-refractivity contribution in [2.75, 3.05) is 33.0 Å². The highest BCUT2D eigenvalue weighted by Gasteiger charge is 2.21. The Kier molecular flexibility index (Phi) is 8.84. The van der Waals surface area contributed by atoms with Crippen molar-refractivity contribution in [1.82, 2.24) is 5.32 Å². The van der Waals surface area contributed by atoms with Crippen LogP contribution in [0.3, 0.4) is 0 Å². The largest absolute Gasteiger partial charge is 0.394 e. The fourth-order valence-electron chi connectivity index (χ4n) is 1.47. The second-order valence-corrected chi connectivity index (χ2v) is 4.34. The molecule has 2 unspecified atom stereocenters. The summed E-state index contributed by atoms with van der Waals surface area (Å²) in [6, 6.07) is 0. The zero-order chi connectivity index (χ0) is 12.4. The average Bonchev–Trinajstić information content (AvgIpc) is 2.26. The van der Waals surface area contributed by atoms with E-state index in [4.69, 9.17) is 9.47 Å². The van der Waals surface area contributed by atoms with Crippen molar-refractivity contribution in [1.29, 1.82) is 0 Å². The van der Waals surface area contributed by atoms with Gasteiger partial charge >= 0.3 is 0 Å². The van der Waals surface area contributed by atoms with Crippen LogP contribution in [0.15, 0.2) is 0 Å². The topological polar surface area (TPSA) is 50.7 Å². The van der Waals surface area contributed by atoms with Crippen LogP contribution >= 0.6 is 0 Å². The molecule has 0 amide bonds. The summed E-state index contributed by atoms with van der Waals surface area (Å²) in [7, 11) is 0. The standard InChI is InChI=1S/C12H27NO3/c1-5-13-12(4,10-14)7-8-16-11(3)9-15-6-2/h11,13-14H,5-10H2,1-4H3. The molecule has 2 N–H and O–H groups in total. The molecule has 0 aromatic heterocycles. The summed E-state index contributed by atoms with van der Waals surface area (Å²) in [5.41, 5.74) is -0.236. The van der Waals surface area contributed by atoms with Gasteiger partial charge in [-0.3, -0.25) is 0 Å². The van der Waals surface area contributed by atoms with Crippen LogP contribution < -0.4 is 5.32 Å². The molecule has 16 heavy (non-hydrogen) atoms. The zero-order valence-corrected chi connectivity index (χ0v) is 11.1. The van der Waals surface area contributed by atoms with Crippen molar-refractivity contribution in [3.8, 4) is 0 Å². The van der Waals surface area contributed by atoms with Crippen LogP contribution in [0.1, 0.15) is 34.1 Å². The van der Waals surface area contributed by atoms with Crippen LogP contribution in [0, 0.1) is 0 Å². The fourth-order valence-corrected chi connectivity index (χ4v) is 1.47. The number of aliphatic hydroxyl groups is 1. The van der Waals surface area contributed by atoms with E-state index in [9.17, 15) is 5.11 Å². The minimum Gasteiger partial charge on any atom is -0.394 e. The molecule has 0 aromatic rings. The first-order chi connectivity index (χ1) is 7.58. The first-order valence-electron chi connectivity index (χ1n) is 6.13. The number of ether oxygens (including phenoxy) is 2. The van der Waals surface area contributed by atoms with Crippen molar-refractivity contribution in [3.63, 3.8) is 0 Å². The van der Waals surface area contributed by atoms with Gasteiger partial charge in [-0.05, 0) is 33.7 Å². The maximum Gasteiger partial charge on any atom is 0.0780 e. The highest BCUT2D eigenvalue weighted by molar-refractivity contribution is 4.81. The molecule has 0 aliphatic carbocycles. The van der Waals surface area contributed by atoms with Crippen LogP contribution in [0.25, 0.3) is 0 Å². The number of hydrogen-bond donors (Lipinski definition) is 2. The molecule has 0 spiro atoms. The van der Waals surface area contributed by atoms with Crippen LogP contribution in [0.5, 0.6) is 0 Å². The highest BCUT2D eigenvalue weighted by Crippen LogP contribution is 2.09. The van der Waals surface area contributed by atoms with E-state index in [0.29, 0.717) is 13.2 Å². The van der Waals surface area contributed by atoms with Gasteiger partial charge in [0.15, 0.2) is 0 Å². The lowest BCUT2D eigenvalue weighted by Gasteiger charge is -2.28. The predicted octanol–water partition coefficient (Wildman–Crippen LogP) is 1.18. The highest BCUT2D eigenvalue weighted by atomic mass is 16.5. The van der Waals surface area contributed by atoms with Gasteiger partial charge in [0.25, 0.3) is 0 Å². The van der Waals surface area contributed by atoms with Crippen molar-refractivity contribution < 1.29 is 14.6 Å². The predicted molar refractivity (Wildman–Crippen MR) is 65.7 cm³/mol. The maximum absolute atomic E-state index is 9.28. The Labute approximate surface area is 99.3 Å². The smallest absolute Gasteiger partial charge is 0.0780 e. The lowest BCUT2D eigenvalue weighted by atomic mass is 10.00. The molecule has 0 bridgehead atoms. The molecule has 4 nitrogen and oxygen atoms in total. The SMILES string of the molecule is CCNC(C)(CO)CCOC(C)COCC. The summed E-state index contributed by atoms with van der Waals surface area (Å²) < 4.78 is 10.9. The lowest BCUT2D eigenvalue weighted by Crippen LogP contribution is -2.46. The summed E-state index contributed by atoms with van der Waals surface area (Å²) in [5, 5.41) is 12.5. The second kappa shape index (κ2) is 8.93. The van der Waals surface area contributed by atoms with Crippen molar-refractivity contribution in [3.05, 3.63) is 0 Å². The van der Waals surface area contributed by atoms with E-state index in [2.05, 4.69) is 5.32 Å². The van der Waals surface area contributed by atoms with Gasteiger partial charge in [0.05, 0.1) is 19.3 Å². The van der Waals surface area contributed by atoms with Crippen LogP contribution in [-0.2, 0) is 9.47 Å². The number of hydrogen-bond acceptors (Lipinski definition) is 4. The van der Waals surface area contributed by atoms with Crippen LogP contribution in [0.2, 0.25) is 0 Å². The number of nitrogens with one attached hydrogen (secondary N) is 1. The van der Waals surface area contributed by atoms with E-state index in [1.807, 2.05) is 27.7 Å². The monoisotopic (exact) mass is 233 g/mol. The van der Waals surface area contributed by atoms with Gasteiger partial charge in [0, 0.05) is 18.8 Å². The summed E-state index contributed by atoms with van der Waals surface area (Å²) >= 11 is 0. The Balaban J connectivity index is 3.69. The maximum atomic E-state index is 9.28. The van der Waals surface area contributed by atoms with Gasteiger partial charge in [-0.2, -0.15) is 0 Å². The molecule has 0 radical (unpaired) electrons. The normalized spacial score (nSPS) is 17.1. The van der Waals surface area contributed by atoms with Gasteiger partial charge in [0.2, 0.25) is 0 Å². The molecular weight excluding hydrogens is 206 g/mol. The van der Waals surface area contributed by atoms with Crippen molar-refractivity contribution in [2.45, 2.75) is 45.8 Å². The Bertz CT molecular complexity index is 166. The molecule has 0 aliphatic heterocycles. The Morgan fingerprint density at radius 2 is 2.06 bits per heavy atom.